The number of hydrogen-bond donors (Lipinski definition) is 1. The third-order valence-electron chi connectivity index (χ3n) is 4.36. The van der Waals surface area contributed by atoms with E-state index in [2.05, 4.69) is 41.4 Å². The van der Waals surface area contributed by atoms with Crippen LogP contribution >= 0.6 is 11.3 Å². The van der Waals surface area contributed by atoms with Gasteiger partial charge < -0.3 is 10.1 Å². The topological polar surface area (TPSA) is 41.6 Å². The summed E-state index contributed by atoms with van der Waals surface area (Å²) in [6.07, 6.45) is 3.47. The predicted molar refractivity (Wildman–Crippen MR) is 103 cm³/mol. The third-order valence-corrected chi connectivity index (χ3v) is 5.20. The zero-order valence-electron chi connectivity index (χ0n) is 14.5. The zero-order chi connectivity index (χ0) is 17.5. The number of nitrogens with zero attached hydrogens (tertiary/aromatic N) is 1. The molecule has 1 unspecified atom stereocenters. The summed E-state index contributed by atoms with van der Waals surface area (Å²) in [7, 11) is 0. The number of carbonyl (C=O) groups is 1. The van der Waals surface area contributed by atoms with E-state index in [1.165, 1.54) is 11.1 Å². The molecule has 132 valence electrons. The standard InChI is InChI=1S/C20H24N2O2S/c1-16-4-6-17(7-5-16)19(22-10-12-24-13-11-22)15-21-20(23)9-8-18-3-2-14-25-18/h2-9,14,19H,10-13,15H2,1H3,(H,21,23)/b9-8+. The normalized spacial score (nSPS) is 16.8. The van der Waals surface area contributed by atoms with Gasteiger partial charge >= 0.3 is 0 Å². The second-order valence-electron chi connectivity index (χ2n) is 6.17. The van der Waals surface area contributed by atoms with Crippen LogP contribution in [0.2, 0.25) is 0 Å². The Morgan fingerprint density at radius 2 is 2.04 bits per heavy atom. The van der Waals surface area contributed by atoms with Gasteiger partial charge in [-0.2, -0.15) is 0 Å². The van der Waals surface area contributed by atoms with Crippen LogP contribution in [0.1, 0.15) is 22.0 Å². The third kappa shape index (κ3) is 5.26. The van der Waals surface area contributed by atoms with Gasteiger partial charge in [0, 0.05) is 30.6 Å². The van der Waals surface area contributed by atoms with Crippen molar-refractivity contribution in [2.45, 2.75) is 13.0 Å². The van der Waals surface area contributed by atoms with E-state index in [1.807, 2.05) is 23.6 Å². The van der Waals surface area contributed by atoms with Gasteiger partial charge in [0.15, 0.2) is 0 Å². The van der Waals surface area contributed by atoms with E-state index in [-0.39, 0.29) is 11.9 Å². The smallest absolute Gasteiger partial charge is 0.244 e. The second-order valence-corrected chi connectivity index (χ2v) is 7.15. The minimum atomic E-state index is -0.0567. The largest absolute Gasteiger partial charge is 0.379 e. The molecule has 0 saturated carbocycles. The maximum atomic E-state index is 12.2. The van der Waals surface area contributed by atoms with Crippen molar-refractivity contribution >= 4 is 23.3 Å². The number of aryl methyl sites for hydroxylation is 1. The van der Waals surface area contributed by atoms with Gasteiger partial charge in [0.05, 0.1) is 19.3 Å². The quantitative estimate of drug-likeness (QED) is 0.808. The Morgan fingerprint density at radius 3 is 2.72 bits per heavy atom. The zero-order valence-corrected chi connectivity index (χ0v) is 15.3. The molecule has 1 fully saturated rings. The number of nitrogens with one attached hydrogen (secondary N) is 1. The fraction of sp³-hybridized carbons (Fsp3) is 0.350. The van der Waals surface area contributed by atoms with Gasteiger partial charge in [-0.25, -0.2) is 0 Å². The number of amides is 1. The number of ether oxygens (including phenoxy) is 1. The van der Waals surface area contributed by atoms with Gasteiger partial charge in [-0.3, -0.25) is 9.69 Å². The molecule has 1 saturated heterocycles. The van der Waals surface area contributed by atoms with E-state index < -0.39 is 0 Å². The number of benzene rings is 1. The molecular formula is C20H24N2O2S. The molecule has 1 atom stereocenters. The molecule has 3 rings (SSSR count). The molecule has 1 aliphatic rings. The monoisotopic (exact) mass is 356 g/mol. The number of rotatable bonds is 6. The highest BCUT2D eigenvalue weighted by atomic mass is 32.1. The van der Waals surface area contributed by atoms with Crippen LogP contribution in [0.5, 0.6) is 0 Å². The van der Waals surface area contributed by atoms with E-state index >= 15 is 0 Å². The highest BCUT2D eigenvalue weighted by Gasteiger charge is 2.22. The van der Waals surface area contributed by atoms with E-state index in [9.17, 15) is 4.79 Å². The molecule has 1 aromatic heterocycles. The number of carbonyl (C=O) groups excluding carboxylic acids is 1. The molecule has 4 nitrogen and oxygen atoms in total. The minimum absolute atomic E-state index is 0.0567. The van der Waals surface area contributed by atoms with Crippen molar-refractivity contribution in [2.75, 3.05) is 32.8 Å². The van der Waals surface area contributed by atoms with Crippen LogP contribution in [0.15, 0.2) is 47.9 Å². The predicted octanol–water partition coefficient (Wildman–Crippen LogP) is 3.26. The minimum Gasteiger partial charge on any atom is -0.379 e. The maximum Gasteiger partial charge on any atom is 0.244 e. The summed E-state index contributed by atoms with van der Waals surface area (Å²) < 4.78 is 5.47. The first-order valence-electron chi connectivity index (χ1n) is 8.60. The lowest BCUT2D eigenvalue weighted by Gasteiger charge is -2.34. The summed E-state index contributed by atoms with van der Waals surface area (Å²) in [6.45, 7) is 5.95. The number of morpholine rings is 1. The molecular weight excluding hydrogens is 332 g/mol. The molecule has 0 aliphatic carbocycles. The Kier molecular flexibility index (Phi) is 6.39. The van der Waals surface area contributed by atoms with Crippen LogP contribution < -0.4 is 5.32 Å². The lowest BCUT2D eigenvalue weighted by Crippen LogP contribution is -2.43. The highest BCUT2D eigenvalue weighted by Crippen LogP contribution is 2.21. The van der Waals surface area contributed by atoms with Crippen molar-refractivity contribution in [3.8, 4) is 0 Å². The summed E-state index contributed by atoms with van der Waals surface area (Å²) in [5, 5.41) is 5.06. The van der Waals surface area contributed by atoms with Crippen LogP contribution in [-0.2, 0) is 9.53 Å². The Morgan fingerprint density at radius 1 is 1.28 bits per heavy atom. The van der Waals surface area contributed by atoms with Gasteiger partial charge in [0.2, 0.25) is 5.91 Å². The first-order chi connectivity index (χ1) is 12.2. The number of thiophene rings is 1. The molecule has 2 aromatic rings. The van der Waals surface area contributed by atoms with Crippen LogP contribution in [0, 0.1) is 6.92 Å². The van der Waals surface area contributed by atoms with Crippen LogP contribution in [0.3, 0.4) is 0 Å². The molecule has 1 N–H and O–H groups in total. The van der Waals surface area contributed by atoms with Crippen molar-refractivity contribution in [3.05, 3.63) is 63.9 Å². The summed E-state index contributed by atoms with van der Waals surface area (Å²) in [4.78, 5) is 15.6. The van der Waals surface area contributed by atoms with Gasteiger partial charge in [-0.1, -0.05) is 35.9 Å². The van der Waals surface area contributed by atoms with E-state index in [0.29, 0.717) is 6.54 Å². The summed E-state index contributed by atoms with van der Waals surface area (Å²) in [6, 6.07) is 12.7. The Hall–Kier alpha value is -1.95. The molecule has 0 spiro atoms. The van der Waals surface area contributed by atoms with Crippen LogP contribution in [-0.4, -0.2) is 43.7 Å². The van der Waals surface area contributed by atoms with E-state index in [0.717, 1.165) is 31.2 Å². The Balaban J connectivity index is 1.64. The maximum absolute atomic E-state index is 12.2. The highest BCUT2D eigenvalue weighted by molar-refractivity contribution is 7.10. The van der Waals surface area contributed by atoms with Gasteiger partial charge in [0.25, 0.3) is 0 Å². The van der Waals surface area contributed by atoms with Crippen molar-refractivity contribution in [3.63, 3.8) is 0 Å². The molecule has 2 heterocycles. The summed E-state index contributed by atoms with van der Waals surface area (Å²) in [5.41, 5.74) is 2.47. The lowest BCUT2D eigenvalue weighted by molar-refractivity contribution is -0.116. The molecule has 1 aliphatic heterocycles. The van der Waals surface area contributed by atoms with E-state index in [4.69, 9.17) is 4.74 Å². The van der Waals surface area contributed by atoms with E-state index in [1.54, 1.807) is 17.4 Å². The van der Waals surface area contributed by atoms with Crippen molar-refractivity contribution in [1.82, 2.24) is 10.2 Å². The first-order valence-corrected chi connectivity index (χ1v) is 9.48. The molecule has 1 aromatic carbocycles. The lowest BCUT2D eigenvalue weighted by atomic mass is 10.0. The van der Waals surface area contributed by atoms with Gasteiger partial charge in [0.1, 0.15) is 0 Å². The fourth-order valence-electron chi connectivity index (χ4n) is 2.94. The molecule has 5 heteroatoms. The van der Waals surface area contributed by atoms with Crippen molar-refractivity contribution < 1.29 is 9.53 Å². The average molecular weight is 356 g/mol. The van der Waals surface area contributed by atoms with Gasteiger partial charge in [-0.15, -0.1) is 11.3 Å². The van der Waals surface area contributed by atoms with Crippen molar-refractivity contribution in [2.24, 2.45) is 0 Å². The second kappa shape index (κ2) is 8.94. The summed E-state index contributed by atoms with van der Waals surface area (Å²) >= 11 is 1.62. The van der Waals surface area contributed by atoms with Crippen molar-refractivity contribution in [1.29, 1.82) is 0 Å². The van der Waals surface area contributed by atoms with Crippen LogP contribution in [0.25, 0.3) is 6.08 Å². The molecule has 1 amide bonds. The number of hydrogen-bond acceptors (Lipinski definition) is 4. The Bertz CT molecular complexity index is 689. The molecule has 0 radical (unpaired) electrons. The Labute approximate surface area is 153 Å². The first kappa shape index (κ1) is 17.9. The average Bonchev–Trinajstić information content (AvgIpc) is 3.16. The molecule has 25 heavy (non-hydrogen) atoms. The van der Waals surface area contributed by atoms with Gasteiger partial charge in [-0.05, 0) is 30.0 Å². The van der Waals surface area contributed by atoms with Crippen LogP contribution in [0.4, 0.5) is 0 Å². The SMILES string of the molecule is Cc1ccc(C(CNC(=O)/C=C/c2cccs2)N2CCOCC2)cc1. The summed E-state index contributed by atoms with van der Waals surface area (Å²) in [5.74, 6) is -0.0567. The fourth-order valence-corrected chi connectivity index (χ4v) is 3.55. The molecule has 0 bridgehead atoms.